The van der Waals surface area contributed by atoms with Crippen LogP contribution in [-0.4, -0.2) is 9.97 Å². The van der Waals surface area contributed by atoms with Gasteiger partial charge in [0.05, 0.1) is 5.69 Å². The summed E-state index contributed by atoms with van der Waals surface area (Å²) < 4.78 is 75.7. The minimum absolute atomic E-state index is 0.0408. The summed E-state index contributed by atoms with van der Waals surface area (Å²) in [6.45, 7) is 1.33. The van der Waals surface area contributed by atoms with Gasteiger partial charge in [-0.3, -0.25) is 0 Å². The number of aryl methyl sites for hydroxylation is 1. The normalized spacial score (nSPS) is 12.5. The van der Waals surface area contributed by atoms with E-state index in [1.165, 1.54) is 19.1 Å². The van der Waals surface area contributed by atoms with Crippen LogP contribution in [0, 0.1) is 6.92 Å². The van der Waals surface area contributed by atoms with Crippen LogP contribution in [0.25, 0.3) is 11.3 Å². The summed E-state index contributed by atoms with van der Waals surface area (Å²) in [5.41, 5.74) is -2.56. The number of hydrogen-bond acceptors (Lipinski definition) is 2. The van der Waals surface area contributed by atoms with Crippen molar-refractivity contribution in [1.82, 2.24) is 9.97 Å². The van der Waals surface area contributed by atoms with Crippen LogP contribution in [0.1, 0.15) is 17.1 Å². The SMILES string of the molecule is Cc1cc(-c2cccc(C(F)(F)F)n2)cc(C(F)(F)F)n1. The molecular weight excluding hydrogens is 298 g/mol. The van der Waals surface area contributed by atoms with Crippen LogP contribution in [0.5, 0.6) is 0 Å². The number of aromatic nitrogens is 2. The molecule has 0 spiro atoms. The Kier molecular flexibility index (Phi) is 3.65. The Balaban J connectivity index is 2.55. The van der Waals surface area contributed by atoms with Gasteiger partial charge in [0.1, 0.15) is 11.4 Å². The topological polar surface area (TPSA) is 25.8 Å². The van der Waals surface area contributed by atoms with Crippen LogP contribution in [0.4, 0.5) is 26.3 Å². The maximum Gasteiger partial charge on any atom is 0.433 e. The minimum Gasteiger partial charge on any atom is -0.249 e. The predicted molar refractivity (Wildman–Crippen MR) is 62.2 cm³/mol. The van der Waals surface area contributed by atoms with E-state index in [1.54, 1.807) is 0 Å². The molecule has 0 saturated carbocycles. The van der Waals surface area contributed by atoms with E-state index in [0.717, 1.165) is 12.1 Å². The summed E-state index contributed by atoms with van der Waals surface area (Å²) in [6, 6.07) is 4.98. The van der Waals surface area contributed by atoms with Crippen molar-refractivity contribution in [2.24, 2.45) is 0 Å². The van der Waals surface area contributed by atoms with Crippen molar-refractivity contribution in [3.63, 3.8) is 0 Å². The van der Waals surface area contributed by atoms with Gasteiger partial charge in [-0.1, -0.05) is 6.07 Å². The molecule has 0 atom stereocenters. The molecule has 0 saturated heterocycles. The zero-order chi connectivity index (χ0) is 15.8. The summed E-state index contributed by atoms with van der Waals surface area (Å²) in [4.78, 5) is 6.69. The molecule has 2 heterocycles. The van der Waals surface area contributed by atoms with E-state index in [1.807, 2.05) is 0 Å². The van der Waals surface area contributed by atoms with E-state index in [0.29, 0.717) is 6.07 Å². The van der Waals surface area contributed by atoms with Crippen molar-refractivity contribution in [2.45, 2.75) is 19.3 Å². The predicted octanol–water partition coefficient (Wildman–Crippen LogP) is 4.49. The second-order valence-corrected chi connectivity index (χ2v) is 4.29. The molecule has 0 aliphatic carbocycles. The van der Waals surface area contributed by atoms with Crippen molar-refractivity contribution in [3.8, 4) is 11.3 Å². The van der Waals surface area contributed by atoms with Crippen LogP contribution >= 0.6 is 0 Å². The number of alkyl halides is 6. The fourth-order valence-electron chi connectivity index (χ4n) is 1.72. The zero-order valence-electron chi connectivity index (χ0n) is 10.5. The first-order valence-electron chi connectivity index (χ1n) is 5.68. The Hall–Kier alpha value is -2.12. The molecule has 0 aromatic carbocycles. The third-order valence-electron chi connectivity index (χ3n) is 2.58. The summed E-state index contributed by atoms with van der Waals surface area (Å²) in [7, 11) is 0. The molecule has 2 aromatic rings. The van der Waals surface area contributed by atoms with Crippen molar-refractivity contribution in [3.05, 3.63) is 47.4 Å². The number of halogens is 6. The van der Waals surface area contributed by atoms with Gasteiger partial charge in [0.25, 0.3) is 0 Å². The largest absolute Gasteiger partial charge is 0.433 e. The van der Waals surface area contributed by atoms with E-state index in [9.17, 15) is 26.3 Å². The standard InChI is InChI=1S/C13H8F6N2/c1-7-5-8(6-11(20-7)13(17,18)19)9-3-2-4-10(21-9)12(14,15)16/h2-6H,1H3. The van der Waals surface area contributed by atoms with Gasteiger partial charge in [-0.05, 0) is 31.2 Å². The molecule has 0 fully saturated rings. The van der Waals surface area contributed by atoms with Gasteiger partial charge in [0.2, 0.25) is 0 Å². The minimum atomic E-state index is -4.68. The summed E-state index contributed by atoms with van der Waals surface area (Å²) in [5, 5.41) is 0. The Labute approximate surface area is 115 Å². The third-order valence-corrected chi connectivity index (χ3v) is 2.58. The zero-order valence-corrected chi connectivity index (χ0v) is 10.5. The molecule has 0 aliphatic heterocycles. The molecule has 2 nitrogen and oxygen atoms in total. The molecule has 0 N–H and O–H groups in total. The molecule has 112 valence electrons. The van der Waals surface area contributed by atoms with E-state index in [2.05, 4.69) is 9.97 Å². The van der Waals surface area contributed by atoms with E-state index in [4.69, 9.17) is 0 Å². The van der Waals surface area contributed by atoms with Gasteiger partial charge < -0.3 is 0 Å². The average Bonchev–Trinajstić information content (AvgIpc) is 2.36. The van der Waals surface area contributed by atoms with Gasteiger partial charge in [-0.2, -0.15) is 26.3 Å². The van der Waals surface area contributed by atoms with Gasteiger partial charge in [-0.25, -0.2) is 9.97 Å². The number of rotatable bonds is 1. The summed E-state index contributed by atoms with van der Waals surface area (Å²) >= 11 is 0. The van der Waals surface area contributed by atoms with Crippen LogP contribution in [0.15, 0.2) is 30.3 Å². The van der Waals surface area contributed by atoms with Gasteiger partial charge in [-0.15, -0.1) is 0 Å². The number of hydrogen-bond donors (Lipinski definition) is 0. The molecule has 0 bridgehead atoms. The highest BCUT2D eigenvalue weighted by Crippen LogP contribution is 2.32. The van der Waals surface area contributed by atoms with Crippen molar-refractivity contribution in [2.75, 3.05) is 0 Å². The maximum atomic E-state index is 12.7. The highest BCUT2D eigenvalue weighted by molar-refractivity contribution is 5.60. The van der Waals surface area contributed by atoms with E-state index < -0.39 is 23.7 Å². The lowest BCUT2D eigenvalue weighted by Crippen LogP contribution is -2.10. The third kappa shape index (κ3) is 3.50. The molecule has 0 radical (unpaired) electrons. The number of nitrogens with zero attached hydrogens (tertiary/aromatic N) is 2. The highest BCUT2D eigenvalue weighted by atomic mass is 19.4. The Morgan fingerprint density at radius 2 is 1.43 bits per heavy atom. The molecule has 2 aromatic heterocycles. The lowest BCUT2D eigenvalue weighted by Gasteiger charge is -2.11. The van der Waals surface area contributed by atoms with Crippen molar-refractivity contribution >= 4 is 0 Å². The van der Waals surface area contributed by atoms with Crippen LogP contribution in [-0.2, 0) is 12.4 Å². The van der Waals surface area contributed by atoms with Gasteiger partial charge >= 0.3 is 12.4 Å². The fraction of sp³-hybridized carbons (Fsp3) is 0.231. The van der Waals surface area contributed by atoms with E-state index in [-0.39, 0.29) is 17.0 Å². The summed E-state index contributed by atoms with van der Waals surface area (Å²) in [6.07, 6.45) is -9.34. The fourth-order valence-corrected chi connectivity index (χ4v) is 1.72. The van der Waals surface area contributed by atoms with Crippen molar-refractivity contribution < 1.29 is 26.3 Å². The second-order valence-electron chi connectivity index (χ2n) is 4.29. The van der Waals surface area contributed by atoms with Crippen LogP contribution in [0.2, 0.25) is 0 Å². The molecular formula is C13H8F6N2. The van der Waals surface area contributed by atoms with Gasteiger partial charge in [0, 0.05) is 11.3 Å². The van der Waals surface area contributed by atoms with Crippen molar-refractivity contribution in [1.29, 1.82) is 0 Å². The quantitative estimate of drug-likeness (QED) is 0.725. The van der Waals surface area contributed by atoms with Crippen LogP contribution in [0.3, 0.4) is 0 Å². The Morgan fingerprint density at radius 3 is 2.00 bits per heavy atom. The van der Waals surface area contributed by atoms with Gasteiger partial charge in [0.15, 0.2) is 0 Å². The Bertz CT molecular complexity index is 660. The average molecular weight is 306 g/mol. The van der Waals surface area contributed by atoms with Crippen LogP contribution < -0.4 is 0 Å². The highest BCUT2D eigenvalue weighted by Gasteiger charge is 2.34. The molecule has 21 heavy (non-hydrogen) atoms. The first-order chi connectivity index (χ1) is 9.57. The summed E-state index contributed by atoms with van der Waals surface area (Å²) in [5.74, 6) is 0. The molecule has 0 unspecified atom stereocenters. The second kappa shape index (κ2) is 5.01. The monoisotopic (exact) mass is 306 g/mol. The molecule has 2 rings (SSSR count). The molecule has 8 heteroatoms. The number of pyridine rings is 2. The first kappa shape index (κ1) is 15.3. The molecule has 0 aliphatic rings. The maximum absolute atomic E-state index is 12.7. The lowest BCUT2D eigenvalue weighted by molar-refractivity contribution is -0.142. The van der Waals surface area contributed by atoms with E-state index >= 15 is 0 Å². The first-order valence-corrected chi connectivity index (χ1v) is 5.68. The Morgan fingerprint density at radius 1 is 0.810 bits per heavy atom. The molecule has 0 amide bonds. The smallest absolute Gasteiger partial charge is 0.249 e. The lowest BCUT2D eigenvalue weighted by atomic mass is 10.1.